The highest BCUT2D eigenvalue weighted by Crippen LogP contribution is 2.29. The zero-order valence-corrected chi connectivity index (χ0v) is 10.8. The lowest BCUT2D eigenvalue weighted by Gasteiger charge is -2.20. The molecule has 0 saturated heterocycles. The van der Waals surface area contributed by atoms with Crippen molar-refractivity contribution < 1.29 is 0 Å². The fourth-order valence-electron chi connectivity index (χ4n) is 1.90. The summed E-state index contributed by atoms with van der Waals surface area (Å²) in [6.07, 6.45) is 1.14. The van der Waals surface area contributed by atoms with Crippen molar-refractivity contribution in [2.24, 2.45) is 5.92 Å². The molecule has 1 atom stereocenters. The van der Waals surface area contributed by atoms with Gasteiger partial charge in [0, 0.05) is 11.4 Å². The molecule has 0 radical (unpaired) electrons. The molecule has 1 aromatic heterocycles. The molecular weight excluding hydrogens is 216 g/mol. The molecule has 86 valence electrons. The third-order valence-electron chi connectivity index (χ3n) is 2.95. The van der Waals surface area contributed by atoms with Crippen molar-refractivity contribution >= 4 is 27.4 Å². The minimum absolute atomic E-state index is 0.531. The van der Waals surface area contributed by atoms with Gasteiger partial charge in [0.15, 0.2) is 0 Å². The molecule has 2 nitrogen and oxygen atoms in total. The first-order valence-corrected chi connectivity index (χ1v) is 6.60. The number of aromatic nitrogens is 1. The molecule has 1 aromatic carbocycles. The Morgan fingerprint density at radius 3 is 2.75 bits per heavy atom. The van der Waals surface area contributed by atoms with Gasteiger partial charge in [0.1, 0.15) is 5.00 Å². The van der Waals surface area contributed by atoms with Crippen LogP contribution < -0.4 is 5.32 Å². The van der Waals surface area contributed by atoms with E-state index in [1.54, 1.807) is 11.5 Å². The standard InChI is InChI=1S/C13H18N2S/c1-4-11(9(2)3)14-13-10-7-5-6-8-12(10)15-16-13/h5-9,11,14H,4H2,1-3H3. The van der Waals surface area contributed by atoms with Gasteiger partial charge in [0.25, 0.3) is 0 Å². The number of nitrogens with zero attached hydrogens (tertiary/aromatic N) is 1. The number of fused-ring (bicyclic) bond motifs is 1. The van der Waals surface area contributed by atoms with E-state index in [0.29, 0.717) is 12.0 Å². The molecule has 0 aliphatic rings. The van der Waals surface area contributed by atoms with Crippen LogP contribution >= 0.6 is 11.5 Å². The molecule has 2 rings (SSSR count). The predicted octanol–water partition coefficient (Wildman–Crippen LogP) is 4.14. The van der Waals surface area contributed by atoms with Crippen LogP contribution in [0.4, 0.5) is 5.00 Å². The summed E-state index contributed by atoms with van der Waals surface area (Å²) >= 11 is 1.56. The third kappa shape index (κ3) is 2.19. The minimum atomic E-state index is 0.531. The van der Waals surface area contributed by atoms with Crippen molar-refractivity contribution in [2.45, 2.75) is 33.2 Å². The Hall–Kier alpha value is -1.09. The van der Waals surface area contributed by atoms with Crippen LogP contribution in [0.15, 0.2) is 24.3 Å². The molecular formula is C13H18N2S. The second-order valence-corrected chi connectivity index (χ2v) is 5.21. The molecule has 0 spiro atoms. The molecule has 0 bridgehead atoms. The van der Waals surface area contributed by atoms with Crippen LogP contribution in [0, 0.1) is 5.92 Å². The van der Waals surface area contributed by atoms with Gasteiger partial charge >= 0.3 is 0 Å². The number of nitrogens with one attached hydrogen (secondary N) is 1. The van der Waals surface area contributed by atoms with E-state index in [4.69, 9.17) is 0 Å². The number of rotatable bonds is 4. The van der Waals surface area contributed by atoms with Gasteiger partial charge in [-0.2, -0.15) is 4.37 Å². The van der Waals surface area contributed by atoms with Gasteiger partial charge in [-0.15, -0.1) is 0 Å². The van der Waals surface area contributed by atoms with E-state index in [2.05, 4.69) is 48.7 Å². The predicted molar refractivity (Wildman–Crippen MR) is 72.2 cm³/mol. The first-order valence-electron chi connectivity index (χ1n) is 5.83. The highest BCUT2D eigenvalue weighted by atomic mass is 32.1. The molecule has 1 unspecified atom stereocenters. The van der Waals surface area contributed by atoms with E-state index in [-0.39, 0.29) is 0 Å². The minimum Gasteiger partial charge on any atom is -0.372 e. The second-order valence-electron chi connectivity index (χ2n) is 4.43. The Morgan fingerprint density at radius 2 is 2.06 bits per heavy atom. The van der Waals surface area contributed by atoms with E-state index < -0.39 is 0 Å². The Labute approximate surface area is 101 Å². The van der Waals surface area contributed by atoms with Crippen molar-refractivity contribution in [3.8, 4) is 0 Å². The molecule has 1 N–H and O–H groups in total. The van der Waals surface area contributed by atoms with Gasteiger partial charge in [0.2, 0.25) is 0 Å². The summed E-state index contributed by atoms with van der Waals surface area (Å²) in [6.45, 7) is 6.73. The van der Waals surface area contributed by atoms with Crippen LogP contribution in [0.3, 0.4) is 0 Å². The van der Waals surface area contributed by atoms with Crippen molar-refractivity contribution in [2.75, 3.05) is 5.32 Å². The number of anilines is 1. The number of benzene rings is 1. The molecule has 0 fully saturated rings. The Morgan fingerprint density at radius 1 is 1.31 bits per heavy atom. The summed E-state index contributed by atoms with van der Waals surface area (Å²) in [6, 6.07) is 8.83. The SMILES string of the molecule is CCC(Nc1snc2ccccc12)C(C)C. The van der Waals surface area contributed by atoms with Crippen molar-refractivity contribution in [1.29, 1.82) is 0 Å². The highest BCUT2D eigenvalue weighted by molar-refractivity contribution is 7.11. The summed E-state index contributed by atoms with van der Waals surface area (Å²) in [5.74, 6) is 0.644. The topological polar surface area (TPSA) is 24.9 Å². The first-order chi connectivity index (χ1) is 7.72. The Bertz CT molecular complexity index is 462. The molecule has 0 aliphatic carbocycles. The fraction of sp³-hybridized carbons (Fsp3) is 0.462. The lowest BCUT2D eigenvalue weighted by molar-refractivity contribution is 0.512. The second kappa shape index (κ2) is 4.83. The summed E-state index contributed by atoms with van der Waals surface area (Å²) in [5, 5.41) is 6.05. The normalized spacial score (nSPS) is 13.2. The third-order valence-corrected chi connectivity index (χ3v) is 3.75. The average molecular weight is 234 g/mol. The van der Waals surface area contributed by atoms with Gasteiger partial charge in [-0.25, -0.2) is 0 Å². The molecule has 16 heavy (non-hydrogen) atoms. The lowest BCUT2D eigenvalue weighted by Crippen LogP contribution is -2.24. The highest BCUT2D eigenvalue weighted by Gasteiger charge is 2.13. The van der Waals surface area contributed by atoms with Gasteiger partial charge in [-0.3, -0.25) is 0 Å². The van der Waals surface area contributed by atoms with Crippen molar-refractivity contribution in [1.82, 2.24) is 4.37 Å². The van der Waals surface area contributed by atoms with Crippen molar-refractivity contribution in [3.05, 3.63) is 24.3 Å². The van der Waals surface area contributed by atoms with Crippen LogP contribution in [-0.4, -0.2) is 10.4 Å². The van der Waals surface area contributed by atoms with E-state index in [9.17, 15) is 0 Å². The van der Waals surface area contributed by atoms with Crippen molar-refractivity contribution in [3.63, 3.8) is 0 Å². The van der Waals surface area contributed by atoms with E-state index in [1.165, 1.54) is 10.4 Å². The Balaban J connectivity index is 2.27. The number of hydrogen-bond donors (Lipinski definition) is 1. The van der Waals surface area contributed by atoms with Crippen LogP contribution in [0.2, 0.25) is 0 Å². The van der Waals surface area contributed by atoms with E-state index in [0.717, 1.165) is 11.9 Å². The van der Waals surface area contributed by atoms with Crippen LogP contribution in [0.5, 0.6) is 0 Å². The summed E-state index contributed by atoms with van der Waals surface area (Å²) < 4.78 is 4.44. The largest absolute Gasteiger partial charge is 0.372 e. The van der Waals surface area contributed by atoms with Gasteiger partial charge in [-0.1, -0.05) is 32.9 Å². The molecule has 0 amide bonds. The van der Waals surface area contributed by atoms with Crippen LogP contribution in [-0.2, 0) is 0 Å². The summed E-state index contributed by atoms with van der Waals surface area (Å²) in [7, 11) is 0. The van der Waals surface area contributed by atoms with Gasteiger partial charge in [-0.05, 0) is 36.0 Å². The summed E-state index contributed by atoms with van der Waals surface area (Å²) in [4.78, 5) is 0. The zero-order chi connectivity index (χ0) is 11.5. The van der Waals surface area contributed by atoms with Gasteiger partial charge in [0.05, 0.1) is 5.52 Å². The van der Waals surface area contributed by atoms with Crippen LogP contribution in [0.1, 0.15) is 27.2 Å². The van der Waals surface area contributed by atoms with E-state index >= 15 is 0 Å². The lowest BCUT2D eigenvalue weighted by atomic mass is 10.0. The first kappa shape index (κ1) is 11.4. The monoisotopic (exact) mass is 234 g/mol. The molecule has 0 saturated carbocycles. The molecule has 2 aromatic rings. The maximum absolute atomic E-state index is 4.44. The number of hydrogen-bond acceptors (Lipinski definition) is 3. The maximum atomic E-state index is 4.44. The quantitative estimate of drug-likeness (QED) is 0.860. The molecule has 1 heterocycles. The zero-order valence-electron chi connectivity index (χ0n) is 10.0. The Kier molecular flexibility index (Phi) is 3.44. The van der Waals surface area contributed by atoms with Gasteiger partial charge < -0.3 is 5.32 Å². The smallest absolute Gasteiger partial charge is 0.117 e. The maximum Gasteiger partial charge on any atom is 0.117 e. The molecule has 3 heteroatoms. The summed E-state index contributed by atoms with van der Waals surface area (Å²) in [5.41, 5.74) is 1.09. The average Bonchev–Trinajstić information content (AvgIpc) is 2.69. The van der Waals surface area contributed by atoms with E-state index in [1.807, 2.05) is 6.07 Å². The fourth-order valence-corrected chi connectivity index (χ4v) is 2.73. The van der Waals surface area contributed by atoms with Crippen LogP contribution in [0.25, 0.3) is 10.9 Å². The molecule has 0 aliphatic heterocycles.